The fourth-order valence-corrected chi connectivity index (χ4v) is 2.45. The van der Waals surface area contributed by atoms with Crippen molar-refractivity contribution in [3.05, 3.63) is 41.5 Å². The van der Waals surface area contributed by atoms with Crippen molar-refractivity contribution in [3.8, 4) is 0 Å². The molecule has 0 saturated heterocycles. The first-order valence-electron chi connectivity index (χ1n) is 5.91. The van der Waals surface area contributed by atoms with Gasteiger partial charge >= 0.3 is 0 Å². The number of hydrazine groups is 1. The molecule has 100 valence electrons. The lowest BCUT2D eigenvalue weighted by atomic mass is 10.3. The van der Waals surface area contributed by atoms with Gasteiger partial charge in [-0.15, -0.1) is 0 Å². The van der Waals surface area contributed by atoms with Gasteiger partial charge in [-0.25, -0.2) is 20.2 Å². The highest BCUT2D eigenvalue weighted by Crippen LogP contribution is 2.31. The van der Waals surface area contributed by atoms with E-state index in [9.17, 15) is 4.39 Å². The van der Waals surface area contributed by atoms with Crippen LogP contribution in [0.5, 0.6) is 0 Å². The maximum atomic E-state index is 12.9. The number of aryl methyl sites for hydroxylation is 1. The second kappa shape index (κ2) is 5.99. The first kappa shape index (κ1) is 13.8. The minimum atomic E-state index is -0.248. The van der Waals surface area contributed by atoms with Gasteiger partial charge in [-0.2, -0.15) is 0 Å². The van der Waals surface area contributed by atoms with E-state index in [0.29, 0.717) is 5.82 Å². The fraction of sp³-hybridized carbons (Fsp3) is 0.231. The van der Waals surface area contributed by atoms with E-state index in [1.54, 1.807) is 12.1 Å². The normalized spacial score (nSPS) is 10.5. The van der Waals surface area contributed by atoms with Crippen LogP contribution in [0, 0.1) is 12.7 Å². The van der Waals surface area contributed by atoms with Gasteiger partial charge < -0.3 is 5.43 Å². The van der Waals surface area contributed by atoms with Crippen LogP contribution in [0.25, 0.3) is 0 Å². The van der Waals surface area contributed by atoms with Crippen LogP contribution in [-0.4, -0.2) is 9.97 Å². The second-order valence-electron chi connectivity index (χ2n) is 3.97. The van der Waals surface area contributed by atoms with Crippen LogP contribution in [0.1, 0.15) is 18.3 Å². The third-order valence-electron chi connectivity index (χ3n) is 2.63. The van der Waals surface area contributed by atoms with Crippen molar-refractivity contribution in [1.82, 2.24) is 9.97 Å². The van der Waals surface area contributed by atoms with Crippen LogP contribution < -0.4 is 11.3 Å². The Morgan fingerprint density at radius 1 is 1.26 bits per heavy atom. The summed E-state index contributed by atoms with van der Waals surface area (Å²) in [5.74, 6) is 6.56. The Labute approximate surface area is 115 Å². The van der Waals surface area contributed by atoms with Crippen molar-refractivity contribution in [2.75, 3.05) is 5.43 Å². The number of anilines is 1. The maximum absolute atomic E-state index is 12.9. The van der Waals surface area contributed by atoms with Gasteiger partial charge in [0.2, 0.25) is 0 Å². The molecule has 0 radical (unpaired) electrons. The predicted octanol–water partition coefficient (Wildman–Crippen LogP) is 2.92. The van der Waals surface area contributed by atoms with Crippen molar-refractivity contribution < 1.29 is 4.39 Å². The minimum absolute atomic E-state index is 0.248. The van der Waals surface area contributed by atoms with E-state index in [0.717, 1.165) is 27.7 Å². The first-order valence-corrected chi connectivity index (χ1v) is 6.73. The van der Waals surface area contributed by atoms with Gasteiger partial charge in [0, 0.05) is 16.9 Å². The first-order chi connectivity index (χ1) is 9.13. The van der Waals surface area contributed by atoms with E-state index in [1.807, 2.05) is 13.8 Å². The standard InChI is InChI=1S/C13H15FN4S/c1-3-11-16-12(18-15)8(2)13(17-11)19-10-6-4-9(14)5-7-10/h4-7H,3,15H2,1-2H3,(H,16,17,18). The number of nitrogens with one attached hydrogen (secondary N) is 1. The molecule has 0 aliphatic carbocycles. The van der Waals surface area contributed by atoms with Crippen molar-refractivity contribution in [2.45, 2.75) is 30.2 Å². The van der Waals surface area contributed by atoms with E-state index < -0.39 is 0 Å². The van der Waals surface area contributed by atoms with E-state index in [4.69, 9.17) is 5.84 Å². The zero-order chi connectivity index (χ0) is 13.8. The summed E-state index contributed by atoms with van der Waals surface area (Å²) in [6, 6.07) is 6.31. The zero-order valence-corrected chi connectivity index (χ0v) is 11.6. The van der Waals surface area contributed by atoms with Crippen molar-refractivity contribution in [2.24, 2.45) is 5.84 Å². The molecule has 0 saturated carbocycles. The Bertz CT molecular complexity index is 572. The lowest BCUT2D eigenvalue weighted by Gasteiger charge is -2.11. The molecule has 0 bridgehead atoms. The largest absolute Gasteiger partial charge is 0.308 e. The SMILES string of the molecule is CCc1nc(NN)c(C)c(Sc2ccc(F)cc2)n1. The highest BCUT2D eigenvalue weighted by molar-refractivity contribution is 7.99. The molecule has 0 spiro atoms. The Balaban J connectivity index is 2.35. The minimum Gasteiger partial charge on any atom is -0.308 e. The van der Waals surface area contributed by atoms with Crippen LogP contribution in [-0.2, 0) is 6.42 Å². The third kappa shape index (κ3) is 3.21. The Kier molecular flexibility index (Phi) is 4.34. The lowest BCUT2D eigenvalue weighted by Crippen LogP contribution is -2.13. The number of rotatable bonds is 4. The highest BCUT2D eigenvalue weighted by Gasteiger charge is 2.10. The molecule has 0 amide bonds. The predicted molar refractivity (Wildman–Crippen MR) is 74.5 cm³/mol. The summed E-state index contributed by atoms with van der Waals surface area (Å²) in [6.45, 7) is 3.89. The average Bonchev–Trinajstić information content (AvgIpc) is 2.43. The van der Waals surface area contributed by atoms with Crippen LogP contribution in [0.15, 0.2) is 34.2 Å². The zero-order valence-electron chi connectivity index (χ0n) is 10.8. The summed E-state index contributed by atoms with van der Waals surface area (Å²) in [5, 5.41) is 0.825. The summed E-state index contributed by atoms with van der Waals surface area (Å²) in [5.41, 5.74) is 3.46. The van der Waals surface area contributed by atoms with Crippen LogP contribution in [0.4, 0.5) is 10.2 Å². The van der Waals surface area contributed by atoms with Crippen LogP contribution in [0.2, 0.25) is 0 Å². The number of nitrogens with two attached hydrogens (primary N) is 1. The molecule has 0 fully saturated rings. The smallest absolute Gasteiger partial charge is 0.147 e. The number of nitrogen functional groups attached to an aromatic ring is 1. The molecular weight excluding hydrogens is 263 g/mol. The average molecular weight is 278 g/mol. The quantitative estimate of drug-likeness (QED) is 0.511. The number of benzene rings is 1. The molecule has 1 heterocycles. The van der Waals surface area contributed by atoms with Gasteiger partial charge in [-0.05, 0) is 31.2 Å². The molecule has 0 unspecified atom stereocenters. The van der Waals surface area contributed by atoms with Gasteiger partial charge in [-0.3, -0.25) is 0 Å². The number of hydrogen-bond acceptors (Lipinski definition) is 5. The van der Waals surface area contributed by atoms with E-state index in [-0.39, 0.29) is 5.82 Å². The molecule has 6 heteroatoms. The molecule has 1 aromatic heterocycles. The molecule has 0 atom stereocenters. The Morgan fingerprint density at radius 3 is 2.53 bits per heavy atom. The second-order valence-corrected chi connectivity index (χ2v) is 5.03. The van der Waals surface area contributed by atoms with Crippen molar-refractivity contribution in [3.63, 3.8) is 0 Å². The van der Waals surface area contributed by atoms with E-state index in [2.05, 4.69) is 15.4 Å². The molecule has 19 heavy (non-hydrogen) atoms. The van der Waals surface area contributed by atoms with Gasteiger partial charge in [0.15, 0.2) is 0 Å². The topological polar surface area (TPSA) is 63.8 Å². The van der Waals surface area contributed by atoms with Crippen LogP contribution in [0.3, 0.4) is 0 Å². The molecular formula is C13H15FN4S. The molecule has 0 aliphatic rings. The molecule has 1 aromatic carbocycles. The highest BCUT2D eigenvalue weighted by atomic mass is 32.2. The Hall–Kier alpha value is -1.66. The molecule has 3 N–H and O–H groups in total. The number of aromatic nitrogens is 2. The lowest BCUT2D eigenvalue weighted by molar-refractivity contribution is 0.626. The molecule has 2 rings (SSSR count). The third-order valence-corrected chi connectivity index (χ3v) is 3.73. The molecule has 2 aromatic rings. The monoisotopic (exact) mass is 278 g/mol. The van der Waals surface area contributed by atoms with Gasteiger partial charge in [-0.1, -0.05) is 18.7 Å². The number of nitrogens with zero attached hydrogens (tertiary/aromatic N) is 2. The summed E-state index contributed by atoms with van der Waals surface area (Å²) in [7, 11) is 0. The Morgan fingerprint density at radius 2 is 1.95 bits per heavy atom. The van der Waals surface area contributed by atoms with Gasteiger partial charge in [0.1, 0.15) is 22.5 Å². The van der Waals surface area contributed by atoms with E-state index >= 15 is 0 Å². The van der Waals surface area contributed by atoms with Crippen molar-refractivity contribution in [1.29, 1.82) is 0 Å². The summed E-state index contributed by atoms with van der Waals surface area (Å²) < 4.78 is 12.9. The van der Waals surface area contributed by atoms with Crippen LogP contribution >= 0.6 is 11.8 Å². The summed E-state index contributed by atoms with van der Waals surface area (Å²) >= 11 is 1.47. The molecule has 4 nitrogen and oxygen atoms in total. The van der Waals surface area contributed by atoms with E-state index in [1.165, 1.54) is 23.9 Å². The van der Waals surface area contributed by atoms with Gasteiger partial charge in [0.25, 0.3) is 0 Å². The molecule has 0 aliphatic heterocycles. The fourth-order valence-electron chi connectivity index (χ4n) is 1.55. The summed E-state index contributed by atoms with van der Waals surface area (Å²) in [4.78, 5) is 9.71. The number of hydrogen-bond donors (Lipinski definition) is 2. The van der Waals surface area contributed by atoms with Gasteiger partial charge in [0.05, 0.1) is 0 Å². The summed E-state index contributed by atoms with van der Waals surface area (Å²) in [6.07, 6.45) is 0.728. The maximum Gasteiger partial charge on any atom is 0.147 e. The van der Waals surface area contributed by atoms with Crippen molar-refractivity contribution >= 4 is 17.6 Å². The number of halogens is 1.